The van der Waals surface area contributed by atoms with Crippen LogP contribution >= 0.6 is 0 Å². The van der Waals surface area contributed by atoms with E-state index in [0.717, 1.165) is 38.9 Å². The molecule has 114 valence electrons. The molecule has 1 aliphatic carbocycles. The van der Waals surface area contributed by atoms with E-state index in [1.165, 1.54) is 4.90 Å². The zero-order chi connectivity index (χ0) is 14.5. The van der Waals surface area contributed by atoms with Crippen LogP contribution in [-0.4, -0.2) is 73.5 Å². The van der Waals surface area contributed by atoms with E-state index in [4.69, 9.17) is 0 Å². The van der Waals surface area contributed by atoms with E-state index in [2.05, 4.69) is 22.5 Å². The topological polar surface area (TPSA) is 64.7 Å². The zero-order valence-electron chi connectivity index (χ0n) is 12.5. The van der Waals surface area contributed by atoms with Crippen LogP contribution in [0.15, 0.2) is 0 Å². The van der Waals surface area contributed by atoms with Crippen molar-refractivity contribution in [2.45, 2.75) is 38.3 Å². The third-order valence-electron chi connectivity index (χ3n) is 3.87. The van der Waals surface area contributed by atoms with E-state index in [9.17, 15) is 9.59 Å². The Hall–Kier alpha value is -1.14. The summed E-state index contributed by atoms with van der Waals surface area (Å²) < 4.78 is 0. The molecule has 0 atom stereocenters. The molecule has 0 radical (unpaired) electrons. The fraction of sp³-hybridized carbons (Fsp3) is 0.857. The first-order valence-corrected chi connectivity index (χ1v) is 7.58. The van der Waals surface area contributed by atoms with Gasteiger partial charge in [-0.1, -0.05) is 6.92 Å². The largest absolute Gasteiger partial charge is 0.352 e. The van der Waals surface area contributed by atoms with Gasteiger partial charge < -0.3 is 15.5 Å². The van der Waals surface area contributed by atoms with E-state index >= 15 is 0 Å². The lowest BCUT2D eigenvalue weighted by atomic mass is 10.1. The molecule has 1 heterocycles. The van der Waals surface area contributed by atoms with E-state index in [0.29, 0.717) is 18.6 Å². The summed E-state index contributed by atoms with van der Waals surface area (Å²) in [6.45, 7) is 5.54. The molecule has 1 saturated carbocycles. The quantitative estimate of drug-likeness (QED) is 0.624. The molecule has 2 amide bonds. The molecule has 0 aromatic heterocycles. The number of hydrogen-bond acceptors (Lipinski definition) is 4. The Balaban J connectivity index is 1.74. The maximum absolute atomic E-state index is 12.2. The summed E-state index contributed by atoms with van der Waals surface area (Å²) in [5.41, 5.74) is 0. The van der Waals surface area contributed by atoms with Crippen LogP contribution in [0.3, 0.4) is 0 Å². The van der Waals surface area contributed by atoms with Crippen LogP contribution in [0, 0.1) is 0 Å². The molecule has 0 unspecified atom stereocenters. The number of carbonyl (C=O) groups is 2. The van der Waals surface area contributed by atoms with Crippen molar-refractivity contribution in [3.63, 3.8) is 0 Å². The van der Waals surface area contributed by atoms with Crippen molar-refractivity contribution >= 4 is 11.8 Å². The molecule has 2 N–H and O–H groups in total. The van der Waals surface area contributed by atoms with Crippen LogP contribution < -0.4 is 10.6 Å². The highest BCUT2D eigenvalue weighted by Gasteiger charge is 2.28. The summed E-state index contributed by atoms with van der Waals surface area (Å²) in [5.74, 6) is -0.0213. The van der Waals surface area contributed by atoms with Crippen molar-refractivity contribution in [2.24, 2.45) is 0 Å². The number of amides is 2. The van der Waals surface area contributed by atoms with Crippen LogP contribution in [0.4, 0.5) is 0 Å². The molecule has 6 nitrogen and oxygen atoms in total. The Morgan fingerprint density at radius 3 is 2.45 bits per heavy atom. The van der Waals surface area contributed by atoms with Gasteiger partial charge in [0.1, 0.15) is 0 Å². The number of nitrogens with one attached hydrogen (secondary N) is 2. The minimum absolute atomic E-state index is 0.0243. The number of carbonyl (C=O) groups excluding carboxylic acids is 2. The second kappa shape index (κ2) is 7.04. The van der Waals surface area contributed by atoms with Crippen molar-refractivity contribution in [3.8, 4) is 0 Å². The van der Waals surface area contributed by atoms with Crippen molar-refractivity contribution in [2.75, 3.05) is 39.8 Å². The van der Waals surface area contributed by atoms with Crippen molar-refractivity contribution < 1.29 is 9.59 Å². The maximum atomic E-state index is 12.2. The minimum atomic E-state index is -0.0456. The van der Waals surface area contributed by atoms with Gasteiger partial charge in [-0.05, 0) is 25.8 Å². The van der Waals surface area contributed by atoms with Crippen LogP contribution in [0.25, 0.3) is 0 Å². The number of likely N-dealkylation sites (N-methyl/N-ethyl adjacent to an activating group) is 1. The molecule has 6 heteroatoms. The highest BCUT2D eigenvalue weighted by Crippen LogP contribution is 2.18. The lowest BCUT2D eigenvalue weighted by molar-refractivity contribution is -0.136. The van der Waals surface area contributed by atoms with Gasteiger partial charge in [-0.2, -0.15) is 0 Å². The highest BCUT2D eigenvalue weighted by molar-refractivity contribution is 5.85. The fourth-order valence-corrected chi connectivity index (χ4v) is 2.31. The van der Waals surface area contributed by atoms with Gasteiger partial charge in [0.2, 0.25) is 11.8 Å². The molecule has 0 spiro atoms. The van der Waals surface area contributed by atoms with Gasteiger partial charge in [0.25, 0.3) is 0 Å². The SMILES string of the molecule is CCCN(CC(=O)N(C)CC(=O)NC1CC1)C1CNC1. The normalized spacial score (nSPS) is 18.8. The fourth-order valence-electron chi connectivity index (χ4n) is 2.31. The third kappa shape index (κ3) is 4.45. The second-order valence-corrected chi connectivity index (χ2v) is 5.87. The average Bonchev–Trinajstić information content (AvgIpc) is 3.10. The van der Waals surface area contributed by atoms with Gasteiger partial charge in [0.05, 0.1) is 13.1 Å². The molecule has 1 saturated heterocycles. The second-order valence-electron chi connectivity index (χ2n) is 5.87. The summed E-state index contributed by atoms with van der Waals surface area (Å²) in [6.07, 6.45) is 3.18. The lowest BCUT2D eigenvalue weighted by Gasteiger charge is -2.38. The first-order chi connectivity index (χ1) is 9.60. The summed E-state index contributed by atoms with van der Waals surface area (Å²) in [4.78, 5) is 27.6. The molecule has 1 aliphatic heterocycles. The Kier molecular flexibility index (Phi) is 5.37. The Labute approximate surface area is 120 Å². The molecule has 2 aliphatic rings. The molecule has 0 aromatic rings. The highest BCUT2D eigenvalue weighted by atomic mass is 16.2. The Morgan fingerprint density at radius 2 is 1.95 bits per heavy atom. The zero-order valence-corrected chi connectivity index (χ0v) is 12.5. The first-order valence-electron chi connectivity index (χ1n) is 7.58. The monoisotopic (exact) mass is 282 g/mol. The molecule has 0 aromatic carbocycles. The Bertz CT molecular complexity index is 353. The van der Waals surface area contributed by atoms with E-state index in [1.807, 2.05) is 0 Å². The van der Waals surface area contributed by atoms with Crippen molar-refractivity contribution in [3.05, 3.63) is 0 Å². The summed E-state index contributed by atoms with van der Waals surface area (Å²) in [5, 5.41) is 6.14. The predicted molar refractivity (Wildman–Crippen MR) is 77.3 cm³/mol. The number of nitrogens with zero attached hydrogens (tertiary/aromatic N) is 2. The molecule has 20 heavy (non-hydrogen) atoms. The average molecular weight is 282 g/mol. The van der Waals surface area contributed by atoms with Gasteiger partial charge in [-0.3, -0.25) is 14.5 Å². The number of rotatable bonds is 8. The predicted octanol–water partition coefficient (Wildman–Crippen LogP) is -0.593. The summed E-state index contributed by atoms with van der Waals surface area (Å²) in [6, 6.07) is 0.816. The molecule has 2 rings (SSSR count). The standard InChI is InChI=1S/C14H26N4O2/c1-3-6-18(12-7-15-8-12)10-14(20)17(2)9-13(19)16-11-4-5-11/h11-12,15H,3-10H2,1-2H3,(H,16,19). The summed E-state index contributed by atoms with van der Waals surface area (Å²) >= 11 is 0. The van der Waals surface area contributed by atoms with E-state index in [-0.39, 0.29) is 18.4 Å². The maximum Gasteiger partial charge on any atom is 0.239 e. The summed E-state index contributed by atoms with van der Waals surface area (Å²) in [7, 11) is 1.71. The lowest BCUT2D eigenvalue weighted by Crippen LogP contribution is -2.59. The molecular weight excluding hydrogens is 256 g/mol. The van der Waals surface area contributed by atoms with Crippen LogP contribution in [0.1, 0.15) is 26.2 Å². The number of hydrogen-bond donors (Lipinski definition) is 2. The van der Waals surface area contributed by atoms with E-state index < -0.39 is 0 Å². The van der Waals surface area contributed by atoms with Gasteiger partial charge in [-0.15, -0.1) is 0 Å². The van der Waals surface area contributed by atoms with Crippen LogP contribution in [-0.2, 0) is 9.59 Å². The Morgan fingerprint density at radius 1 is 1.25 bits per heavy atom. The van der Waals surface area contributed by atoms with Gasteiger partial charge in [0, 0.05) is 32.2 Å². The van der Waals surface area contributed by atoms with Crippen molar-refractivity contribution in [1.82, 2.24) is 20.4 Å². The van der Waals surface area contributed by atoms with Crippen LogP contribution in [0.2, 0.25) is 0 Å². The molecular formula is C14H26N4O2. The van der Waals surface area contributed by atoms with Gasteiger partial charge in [0.15, 0.2) is 0 Å². The molecule has 2 fully saturated rings. The minimum Gasteiger partial charge on any atom is -0.352 e. The van der Waals surface area contributed by atoms with Crippen LogP contribution in [0.5, 0.6) is 0 Å². The van der Waals surface area contributed by atoms with E-state index in [1.54, 1.807) is 7.05 Å². The third-order valence-corrected chi connectivity index (χ3v) is 3.87. The molecule has 0 bridgehead atoms. The van der Waals surface area contributed by atoms with Gasteiger partial charge in [-0.25, -0.2) is 0 Å². The first kappa shape index (κ1) is 15.3. The van der Waals surface area contributed by atoms with Crippen molar-refractivity contribution in [1.29, 1.82) is 0 Å². The smallest absolute Gasteiger partial charge is 0.239 e. The van der Waals surface area contributed by atoms with Gasteiger partial charge >= 0.3 is 0 Å².